The summed E-state index contributed by atoms with van der Waals surface area (Å²) >= 11 is 0. The van der Waals surface area contributed by atoms with Crippen LogP contribution in [0.15, 0.2) is 59.0 Å². The Morgan fingerprint density at radius 1 is 0.923 bits per heavy atom. The second-order valence-electron chi connectivity index (χ2n) is 10.2. The normalized spacial score (nSPS) is 18.8. The number of hydrogen-bond donors (Lipinski definition) is 1. The molecule has 0 saturated heterocycles. The van der Waals surface area contributed by atoms with Crippen molar-refractivity contribution in [3.63, 3.8) is 0 Å². The van der Waals surface area contributed by atoms with Crippen molar-refractivity contribution in [3.05, 3.63) is 71.7 Å². The SMILES string of the molecule is Cc1ccc([C@@H](C(=O)NC2CCCCC2)N(Cc2ccc3c(c2)OCO3)C(=O)[C@H]2COc3ccccc3O2)o1. The van der Waals surface area contributed by atoms with Crippen molar-refractivity contribution in [2.75, 3.05) is 13.4 Å². The lowest BCUT2D eigenvalue weighted by molar-refractivity contribution is -0.150. The molecule has 0 spiro atoms. The van der Waals surface area contributed by atoms with E-state index in [1.54, 1.807) is 24.3 Å². The zero-order chi connectivity index (χ0) is 26.8. The summed E-state index contributed by atoms with van der Waals surface area (Å²) in [5.41, 5.74) is 0.781. The molecule has 1 N–H and O–H groups in total. The van der Waals surface area contributed by atoms with Crippen LogP contribution in [0.25, 0.3) is 0 Å². The molecule has 0 unspecified atom stereocenters. The average molecular weight is 533 g/mol. The van der Waals surface area contributed by atoms with Gasteiger partial charge in [-0.3, -0.25) is 9.59 Å². The van der Waals surface area contributed by atoms with Gasteiger partial charge in [-0.2, -0.15) is 0 Å². The minimum absolute atomic E-state index is 0.0294. The number of para-hydroxylation sites is 2. The second-order valence-corrected chi connectivity index (χ2v) is 10.2. The lowest BCUT2D eigenvalue weighted by Gasteiger charge is -2.35. The third-order valence-electron chi connectivity index (χ3n) is 7.40. The Morgan fingerprint density at radius 3 is 2.49 bits per heavy atom. The molecule has 0 bridgehead atoms. The third kappa shape index (κ3) is 5.39. The Labute approximate surface area is 227 Å². The first kappa shape index (κ1) is 25.2. The topological polar surface area (TPSA) is 99.5 Å². The fraction of sp³-hybridized carbons (Fsp3) is 0.400. The minimum atomic E-state index is -1.00. The molecule has 1 fully saturated rings. The van der Waals surface area contributed by atoms with Gasteiger partial charge in [-0.15, -0.1) is 0 Å². The van der Waals surface area contributed by atoms with Crippen LogP contribution < -0.4 is 24.3 Å². The molecule has 3 aliphatic rings. The third-order valence-corrected chi connectivity index (χ3v) is 7.40. The summed E-state index contributed by atoms with van der Waals surface area (Å²) in [6, 6.07) is 15.4. The smallest absolute Gasteiger partial charge is 0.268 e. The molecule has 1 aromatic heterocycles. The maximum Gasteiger partial charge on any atom is 0.268 e. The first-order chi connectivity index (χ1) is 19.0. The number of aryl methyl sites for hydroxylation is 1. The Balaban J connectivity index is 1.35. The summed E-state index contributed by atoms with van der Waals surface area (Å²) in [5.74, 6) is 2.71. The predicted octanol–water partition coefficient (Wildman–Crippen LogP) is 4.68. The maximum absolute atomic E-state index is 14.2. The van der Waals surface area contributed by atoms with Gasteiger partial charge < -0.3 is 33.6 Å². The highest BCUT2D eigenvalue weighted by Crippen LogP contribution is 2.36. The lowest BCUT2D eigenvalue weighted by Crippen LogP contribution is -2.52. The van der Waals surface area contributed by atoms with Gasteiger partial charge in [0.15, 0.2) is 29.0 Å². The summed E-state index contributed by atoms with van der Waals surface area (Å²) in [7, 11) is 0. The van der Waals surface area contributed by atoms with E-state index in [0.29, 0.717) is 34.5 Å². The zero-order valence-corrected chi connectivity index (χ0v) is 21.9. The van der Waals surface area contributed by atoms with Crippen molar-refractivity contribution in [1.82, 2.24) is 10.2 Å². The van der Waals surface area contributed by atoms with Crippen LogP contribution in [0.5, 0.6) is 23.0 Å². The fourth-order valence-electron chi connectivity index (χ4n) is 5.41. The highest BCUT2D eigenvalue weighted by atomic mass is 16.7. The Kier molecular flexibility index (Phi) is 7.04. The number of benzene rings is 2. The standard InChI is InChI=1S/C30H32N2O7/c1-19-11-13-25(38-19)28(29(33)31-21-7-3-2-4-8-21)32(16-20-12-14-23-26(15-20)37-18-36-23)30(34)27-17-35-22-9-5-6-10-24(22)39-27/h5-6,9-15,21,27-28H,2-4,7-8,16-18H2,1H3,(H,31,33)/t27-,28+/m1/s1. The number of nitrogens with zero attached hydrogens (tertiary/aromatic N) is 1. The van der Waals surface area contributed by atoms with Gasteiger partial charge >= 0.3 is 0 Å². The number of carbonyl (C=O) groups is 2. The molecule has 3 aromatic rings. The van der Waals surface area contributed by atoms with Gasteiger partial charge in [-0.25, -0.2) is 0 Å². The number of carbonyl (C=O) groups excluding carboxylic acids is 2. The molecular formula is C30H32N2O7. The molecule has 2 amide bonds. The van der Waals surface area contributed by atoms with Gasteiger partial charge in [0.2, 0.25) is 12.9 Å². The second kappa shape index (κ2) is 10.9. The number of hydrogen-bond acceptors (Lipinski definition) is 7. The van der Waals surface area contributed by atoms with E-state index < -0.39 is 12.1 Å². The van der Waals surface area contributed by atoms with Gasteiger partial charge in [0.25, 0.3) is 11.8 Å². The Hall–Kier alpha value is -4.14. The first-order valence-corrected chi connectivity index (χ1v) is 13.5. The fourth-order valence-corrected chi connectivity index (χ4v) is 5.41. The molecule has 2 aromatic carbocycles. The molecule has 9 heteroatoms. The van der Waals surface area contributed by atoms with E-state index in [2.05, 4.69) is 5.32 Å². The van der Waals surface area contributed by atoms with Crippen molar-refractivity contribution in [1.29, 1.82) is 0 Å². The van der Waals surface area contributed by atoms with Crippen LogP contribution >= 0.6 is 0 Å². The van der Waals surface area contributed by atoms with E-state index in [1.165, 1.54) is 11.3 Å². The largest absolute Gasteiger partial charge is 0.485 e. The number of rotatable bonds is 7. The van der Waals surface area contributed by atoms with E-state index in [-0.39, 0.29) is 37.8 Å². The van der Waals surface area contributed by atoms with Crippen molar-refractivity contribution in [2.45, 2.75) is 63.8 Å². The van der Waals surface area contributed by atoms with E-state index >= 15 is 0 Å². The van der Waals surface area contributed by atoms with Crippen LogP contribution in [0.2, 0.25) is 0 Å². The van der Waals surface area contributed by atoms with Crippen molar-refractivity contribution in [2.24, 2.45) is 0 Å². The van der Waals surface area contributed by atoms with E-state index in [4.69, 9.17) is 23.4 Å². The molecule has 0 radical (unpaired) electrons. The molecule has 39 heavy (non-hydrogen) atoms. The zero-order valence-electron chi connectivity index (χ0n) is 21.9. The molecule has 2 aliphatic heterocycles. The minimum Gasteiger partial charge on any atom is -0.485 e. The molecular weight excluding hydrogens is 500 g/mol. The number of furan rings is 1. The van der Waals surface area contributed by atoms with Gasteiger partial charge in [0.05, 0.1) is 0 Å². The van der Waals surface area contributed by atoms with Gasteiger partial charge in [0.1, 0.15) is 18.1 Å². The molecule has 1 aliphatic carbocycles. The van der Waals surface area contributed by atoms with Crippen LogP contribution in [0.3, 0.4) is 0 Å². The monoisotopic (exact) mass is 532 g/mol. The number of nitrogens with one attached hydrogen (secondary N) is 1. The molecule has 3 heterocycles. The van der Waals surface area contributed by atoms with Crippen LogP contribution in [0, 0.1) is 6.92 Å². The summed E-state index contributed by atoms with van der Waals surface area (Å²) in [6.07, 6.45) is 4.21. The highest BCUT2D eigenvalue weighted by molar-refractivity contribution is 5.90. The molecule has 9 nitrogen and oxygen atoms in total. The summed E-state index contributed by atoms with van der Waals surface area (Å²) in [5, 5.41) is 3.20. The van der Waals surface area contributed by atoms with Gasteiger partial charge in [-0.1, -0.05) is 37.5 Å². The van der Waals surface area contributed by atoms with Crippen LogP contribution in [-0.4, -0.2) is 42.3 Å². The molecule has 204 valence electrons. The maximum atomic E-state index is 14.2. The van der Waals surface area contributed by atoms with Crippen LogP contribution in [0.1, 0.15) is 55.2 Å². The van der Waals surface area contributed by atoms with Crippen LogP contribution in [-0.2, 0) is 16.1 Å². The first-order valence-electron chi connectivity index (χ1n) is 13.5. The highest BCUT2D eigenvalue weighted by Gasteiger charge is 2.40. The Bertz CT molecular complexity index is 1350. The van der Waals surface area contributed by atoms with Crippen molar-refractivity contribution < 1.29 is 33.0 Å². The molecule has 6 rings (SSSR count). The predicted molar refractivity (Wildman–Crippen MR) is 141 cm³/mol. The summed E-state index contributed by atoms with van der Waals surface area (Å²) < 4.78 is 28.9. The molecule has 2 atom stereocenters. The van der Waals surface area contributed by atoms with Crippen molar-refractivity contribution >= 4 is 11.8 Å². The van der Waals surface area contributed by atoms with Crippen LogP contribution in [0.4, 0.5) is 0 Å². The van der Waals surface area contributed by atoms with E-state index in [9.17, 15) is 9.59 Å². The van der Waals surface area contributed by atoms with Gasteiger partial charge in [-0.05, 0) is 61.7 Å². The average Bonchev–Trinajstić information content (AvgIpc) is 3.61. The Morgan fingerprint density at radius 2 is 1.69 bits per heavy atom. The number of fused-ring (bicyclic) bond motifs is 2. The summed E-state index contributed by atoms with van der Waals surface area (Å²) in [4.78, 5) is 29.7. The van der Waals surface area contributed by atoms with E-state index in [1.807, 2.05) is 37.3 Å². The lowest BCUT2D eigenvalue weighted by atomic mass is 9.95. The van der Waals surface area contributed by atoms with E-state index in [0.717, 1.165) is 31.2 Å². The van der Waals surface area contributed by atoms with Gasteiger partial charge in [0, 0.05) is 12.6 Å². The number of amides is 2. The van der Waals surface area contributed by atoms with Crippen molar-refractivity contribution in [3.8, 4) is 23.0 Å². The number of ether oxygens (including phenoxy) is 4. The quantitative estimate of drug-likeness (QED) is 0.472. The summed E-state index contributed by atoms with van der Waals surface area (Å²) in [6.45, 7) is 2.12. The molecule has 1 saturated carbocycles.